The summed E-state index contributed by atoms with van der Waals surface area (Å²) in [5.74, 6) is -1.94. The molecule has 0 radical (unpaired) electrons. The van der Waals surface area contributed by atoms with Crippen molar-refractivity contribution >= 4 is 46.6 Å². The zero-order valence-electron chi connectivity index (χ0n) is 20.2. The molecule has 2 saturated carbocycles. The number of thiazole rings is 1. The number of carboxylic acids is 1. The number of rotatable bonds is 7. The number of hydrogen-bond donors (Lipinski definition) is 2. The van der Waals surface area contributed by atoms with E-state index in [0.29, 0.717) is 0 Å². The summed E-state index contributed by atoms with van der Waals surface area (Å²) in [6.45, 7) is 6.06. The molecular weight excluding hydrogens is 498 g/mol. The third-order valence-corrected chi connectivity index (χ3v) is 11.3. The minimum absolute atomic E-state index is 0.00660. The Morgan fingerprint density at radius 2 is 1.75 bits per heavy atom. The van der Waals surface area contributed by atoms with Crippen LogP contribution in [0.1, 0.15) is 43.0 Å². The fourth-order valence-electron chi connectivity index (χ4n) is 7.36. The molecule has 8 nitrogen and oxygen atoms in total. The number of carbonyl (C=O) groups excluding carboxylic acids is 2. The summed E-state index contributed by atoms with van der Waals surface area (Å²) in [5, 5.41) is 10.1. The van der Waals surface area contributed by atoms with Gasteiger partial charge in [0.2, 0.25) is 11.8 Å². The van der Waals surface area contributed by atoms with Crippen molar-refractivity contribution in [3.8, 4) is 0 Å². The van der Waals surface area contributed by atoms with Crippen LogP contribution in [0, 0.1) is 29.6 Å². The van der Waals surface area contributed by atoms with Gasteiger partial charge in [-0.05, 0) is 55.7 Å². The van der Waals surface area contributed by atoms with Gasteiger partial charge in [0.1, 0.15) is 0 Å². The number of nitrogens with one attached hydrogen (secondary N) is 1. The fraction of sp³-hybridized carbons (Fsp3) is 0.538. The highest BCUT2D eigenvalue weighted by molar-refractivity contribution is 8.00. The van der Waals surface area contributed by atoms with Crippen LogP contribution in [-0.2, 0) is 14.4 Å². The fourth-order valence-corrected chi connectivity index (χ4v) is 10.2. The van der Waals surface area contributed by atoms with Gasteiger partial charge in [-0.15, -0.1) is 11.8 Å². The van der Waals surface area contributed by atoms with Crippen LogP contribution < -0.4 is 9.77 Å². The highest BCUT2D eigenvalue weighted by Crippen LogP contribution is 2.68. The average Bonchev–Trinajstić information content (AvgIpc) is 3.58. The van der Waals surface area contributed by atoms with Crippen LogP contribution in [-0.4, -0.2) is 57.7 Å². The molecule has 2 N–H and O–H groups in total. The average molecular weight is 528 g/mol. The minimum Gasteiger partial charge on any atom is -0.481 e. The summed E-state index contributed by atoms with van der Waals surface area (Å²) in [5.41, 5.74) is 2.30. The molecule has 0 unspecified atom stereocenters. The van der Waals surface area contributed by atoms with E-state index in [9.17, 15) is 19.2 Å². The van der Waals surface area contributed by atoms with E-state index in [1.807, 2.05) is 0 Å². The number of aromatic nitrogens is 1. The number of nitrogens with zero attached hydrogens (tertiary/aromatic N) is 2. The molecule has 0 spiro atoms. The van der Waals surface area contributed by atoms with Gasteiger partial charge in [0.25, 0.3) is 0 Å². The molecule has 1 saturated heterocycles. The number of H-pyrrole nitrogens is 1. The number of aliphatic carboxylic acids is 1. The molecule has 7 atom stereocenters. The third-order valence-electron chi connectivity index (χ3n) is 8.75. The van der Waals surface area contributed by atoms with E-state index in [1.54, 1.807) is 11.8 Å². The predicted molar refractivity (Wildman–Crippen MR) is 137 cm³/mol. The Bertz CT molecular complexity index is 1280. The molecule has 4 aliphatic rings. The number of thioether (sulfide) groups is 1. The molecule has 2 aliphatic heterocycles. The lowest BCUT2D eigenvalue weighted by atomic mass is 9.68. The zero-order valence-corrected chi connectivity index (χ0v) is 21.8. The summed E-state index contributed by atoms with van der Waals surface area (Å²) in [7, 11) is 0. The normalized spacial score (nSPS) is 31.9. The van der Waals surface area contributed by atoms with Gasteiger partial charge in [0, 0.05) is 41.4 Å². The van der Waals surface area contributed by atoms with Gasteiger partial charge in [0.05, 0.1) is 23.3 Å². The van der Waals surface area contributed by atoms with Gasteiger partial charge in [-0.1, -0.05) is 23.5 Å². The Hall–Kier alpha value is -2.59. The minimum atomic E-state index is -1.01. The Morgan fingerprint density at radius 1 is 1.08 bits per heavy atom. The van der Waals surface area contributed by atoms with Crippen molar-refractivity contribution in [2.24, 2.45) is 29.6 Å². The Labute approximate surface area is 217 Å². The number of hydrogen-bond acceptors (Lipinski definition) is 7. The molecule has 1 aromatic heterocycles. The first-order valence-corrected chi connectivity index (χ1v) is 14.3. The van der Waals surface area contributed by atoms with Crippen LogP contribution in [0.15, 0.2) is 34.1 Å². The standard InChI is InChI=1S/C26H29N3O5S2/c1-3-28(4-2)13-7-5-12(6-8-13)17-18-14-11-15(21(18)35-23-22(17)36-26(34)27-23)20-19(14)24(32)29(25(20)33)10-9-16(30)31/h5-8,14-15,17-21H,3-4,9-11H2,1-2H3,(H,27,34)(H,30,31)/t14-,15+,17+,18+,19+,20+,21+/m0/s1. The molecule has 10 heteroatoms. The summed E-state index contributed by atoms with van der Waals surface area (Å²) < 4.78 is 0. The first-order chi connectivity index (χ1) is 17.3. The topological polar surface area (TPSA) is 111 Å². The molecule has 2 aliphatic carbocycles. The molecule has 36 heavy (non-hydrogen) atoms. The van der Waals surface area contributed by atoms with Crippen molar-refractivity contribution in [1.82, 2.24) is 9.88 Å². The van der Waals surface area contributed by atoms with Crippen LogP contribution in [0.4, 0.5) is 5.69 Å². The van der Waals surface area contributed by atoms with Gasteiger partial charge in [-0.3, -0.25) is 24.1 Å². The summed E-state index contributed by atoms with van der Waals surface area (Å²) in [6.07, 6.45) is 0.600. The number of aromatic amines is 1. The number of carbonyl (C=O) groups is 3. The van der Waals surface area contributed by atoms with E-state index in [4.69, 9.17) is 5.11 Å². The third kappa shape index (κ3) is 3.40. The Balaban J connectivity index is 1.38. The molecule has 2 bridgehead atoms. The quantitative estimate of drug-likeness (QED) is 0.532. The van der Waals surface area contributed by atoms with Gasteiger partial charge < -0.3 is 15.0 Å². The smallest absolute Gasteiger partial charge is 0.305 e. The van der Waals surface area contributed by atoms with E-state index in [-0.39, 0.29) is 70.4 Å². The zero-order chi connectivity index (χ0) is 25.3. The second kappa shape index (κ2) is 8.76. The van der Waals surface area contributed by atoms with E-state index >= 15 is 0 Å². The molecule has 1 aromatic carbocycles. The SMILES string of the molecule is CCN(CC)c1ccc([C@H]2c3sc(=O)[nH]c3S[C@@H]3[C@@H]4C[C@H]([C@H]5C(=O)N(CCC(=O)O)C(=O)[C@H]45)[C@H]23)cc1. The maximum Gasteiger partial charge on any atom is 0.305 e. The van der Waals surface area contributed by atoms with E-state index in [2.05, 4.69) is 48.0 Å². The van der Waals surface area contributed by atoms with Crippen molar-refractivity contribution in [1.29, 1.82) is 0 Å². The molecule has 3 fully saturated rings. The number of imide groups is 1. The van der Waals surface area contributed by atoms with Crippen molar-refractivity contribution < 1.29 is 19.5 Å². The maximum atomic E-state index is 13.4. The highest BCUT2D eigenvalue weighted by atomic mass is 32.2. The molecular formula is C26H29N3O5S2. The maximum absolute atomic E-state index is 13.4. The van der Waals surface area contributed by atoms with Crippen LogP contribution in [0.2, 0.25) is 0 Å². The first kappa shape index (κ1) is 23.8. The van der Waals surface area contributed by atoms with Crippen molar-refractivity contribution in [2.45, 2.75) is 42.9 Å². The highest BCUT2D eigenvalue weighted by Gasteiger charge is 2.69. The van der Waals surface area contributed by atoms with Gasteiger partial charge in [-0.25, -0.2) is 0 Å². The number of amides is 2. The Morgan fingerprint density at radius 3 is 2.39 bits per heavy atom. The lowest BCUT2D eigenvalue weighted by molar-refractivity contribution is -0.142. The lowest BCUT2D eigenvalue weighted by Crippen LogP contribution is -2.42. The van der Waals surface area contributed by atoms with Crippen LogP contribution in [0.25, 0.3) is 0 Å². The van der Waals surface area contributed by atoms with Gasteiger partial charge in [0.15, 0.2) is 0 Å². The molecule has 2 amide bonds. The van der Waals surface area contributed by atoms with Crippen molar-refractivity contribution in [3.05, 3.63) is 44.4 Å². The number of anilines is 1. The van der Waals surface area contributed by atoms with Gasteiger partial charge in [-0.2, -0.15) is 0 Å². The van der Waals surface area contributed by atoms with E-state index in [0.717, 1.165) is 40.7 Å². The number of carboxylic acid groups (broad SMARTS) is 1. The summed E-state index contributed by atoms with van der Waals surface area (Å²) in [4.78, 5) is 57.7. The first-order valence-electron chi connectivity index (χ1n) is 12.7. The number of likely N-dealkylation sites (tertiary alicyclic amines) is 1. The van der Waals surface area contributed by atoms with Crippen molar-refractivity contribution in [2.75, 3.05) is 24.5 Å². The number of benzene rings is 1. The monoisotopic (exact) mass is 527 g/mol. The summed E-state index contributed by atoms with van der Waals surface area (Å²) >= 11 is 2.92. The van der Waals surface area contributed by atoms with Crippen LogP contribution >= 0.6 is 23.1 Å². The molecule has 6 rings (SSSR count). The second-order valence-corrected chi connectivity index (χ2v) is 12.4. The molecule has 3 heterocycles. The lowest BCUT2D eigenvalue weighted by Gasteiger charge is -2.43. The van der Waals surface area contributed by atoms with Crippen molar-refractivity contribution in [3.63, 3.8) is 0 Å². The molecule has 2 aromatic rings. The van der Waals surface area contributed by atoms with E-state index < -0.39 is 5.97 Å². The molecule has 190 valence electrons. The Kier molecular flexibility index (Phi) is 5.79. The van der Waals surface area contributed by atoms with Crippen LogP contribution in [0.3, 0.4) is 0 Å². The largest absolute Gasteiger partial charge is 0.481 e. The number of fused-ring (bicyclic) bond motifs is 9. The summed E-state index contributed by atoms with van der Waals surface area (Å²) in [6, 6.07) is 8.59. The van der Waals surface area contributed by atoms with Crippen LogP contribution in [0.5, 0.6) is 0 Å². The van der Waals surface area contributed by atoms with Gasteiger partial charge >= 0.3 is 10.8 Å². The van der Waals surface area contributed by atoms with E-state index in [1.165, 1.54) is 16.2 Å². The second-order valence-electron chi connectivity index (χ2n) is 10.2. The predicted octanol–water partition coefficient (Wildman–Crippen LogP) is 3.23.